The van der Waals surface area contributed by atoms with Gasteiger partial charge in [-0.3, -0.25) is 0 Å². The van der Waals surface area contributed by atoms with Crippen LogP contribution in [0.4, 0.5) is 0 Å². The second-order valence-electron chi connectivity index (χ2n) is 2.69. The molecule has 5 heteroatoms. The van der Waals surface area contributed by atoms with E-state index in [2.05, 4.69) is 15.9 Å². The van der Waals surface area contributed by atoms with E-state index in [0.717, 1.165) is 4.47 Å². The maximum Gasteiger partial charge on any atom is 0.175 e. The Hall–Kier alpha value is -0.390. The van der Waals surface area contributed by atoms with Crippen LogP contribution >= 0.6 is 15.9 Å². The standard InChI is InChI=1S/C8H10BrNO2S/c1-13(11,12)8-4-2-3-7(9)6(8)5-10/h2-4H,5,10H2,1H3. The predicted octanol–water partition coefficient (Wildman–Crippen LogP) is 1.31. The van der Waals surface area contributed by atoms with Crippen LogP contribution in [0.3, 0.4) is 0 Å². The summed E-state index contributed by atoms with van der Waals surface area (Å²) >= 11 is 3.26. The van der Waals surface area contributed by atoms with Gasteiger partial charge in [0.25, 0.3) is 0 Å². The van der Waals surface area contributed by atoms with Crippen LogP contribution in [0.2, 0.25) is 0 Å². The number of nitrogens with two attached hydrogens (primary N) is 1. The van der Waals surface area contributed by atoms with E-state index in [9.17, 15) is 8.42 Å². The third kappa shape index (κ3) is 2.30. The molecule has 0 unspecified atom stereocenters. The molecule has 0 saturated carbocycles. The first-order chi connectivity index (χ1) is 5.96. The number of rotatable bonds is 2. The molecule has 0 radical (unpaired) electrons. The average Bonchev–Trinajstić information content (AvgIpc) is 2.02. The molecule has 0 bridgehead atoms. The molecule has 2 N–H and O–H groups in total. The van der Waals surface area contributed by atoms with E-state index in [0.29, 0.717) is 10.5 Å². The van der Waals surface area contributed by atoms with Gasteiger partial charge in [-0.05, 0) is 17.7 Å². The zero-order chi connectivity index (χ0) is 10.1. The van der Waals surface area contributed by atoms with Gasteiger partial charge >= 0.3 is 0 Å². The largest absolute Gasteiger partial charge is 0.326 e. The monoisotopic (exact) mass is 263 g/mol. The van der Waals surface area contributed by atoms with Crippen LogP contribution in [-0.2, 0) is 16.4 Å². The summed E-state index contributed by atoms with van der Waals surface area (Å²) in [7, 11) is -3.18. The minimum absolute atomic E-state index is 0.212. The third-order valence-corrected chi connectivity index (χ3v) is 3.60. The van der Waals surface area contributed by atoms with E-state index in [1.165, 1.54) is 6.26 Å². The fraction of sp³-hybridized carbons (Fsp3) is 0.250. The van der Waals surface area contributed by atoms with Gasteiger partial charge in [0.1, 0.15) is 0 Å². The lowest BCUT2D eigenvalue weighted by molar-refractivity contribution is 0.600. The quantitative estimate of drug-likeness (QED) is 0.876. The van der Waals surface area contributed by atoms with Crippen molar-refractivity contribution in [2.45, 2.75) is 11.4 Å². The fourth-order valence-electron chi connectivity index (χ4n) is 1.08. The Morgan fingerprint density at radius 2 is 2.08 bits per heavy atom. The van der Waals surface area contributed by atoms with E-state index in [-0.39, 0.29) is 6.54 Å². The summed E-state index contributed by atoms with van der Waals surface area (Å²) in [6.45, 7) is 0.212. The molecule has 0 spiro atoms. The van der Waals surface area contributed by atoms with Crippen LogP contribution in [0.25, 0.3) is 0 Å². The molecular weight excluding hydrogens is 254 g/mol. The molecule has 0 heterocycles. The van der Waals surface area contributed by atoms with E-state index in [1.807, 2.05) is 0 Å². The number of hydrogen-bond acceptors (Lipinski definition) is 3. The van der Waals surface area contributed by atoms with Crippen LogP contribution in [0.5, 0.6) is 0 Å². The Bertz CT molecular complexity index is 414. The van der Waals surface area contributed by atoms with E-state index >= 15 is 0 Å². The Balaban J connectivity index is 3.47. The lowest BCUT2D eigenvalue weighted by Gasteiger charge is -2.06. The van der Waals surface area contributed by atoms with Gasteiger partial charge in [-0.1, -0.05) is 22.0 Å². The highest BCUT2D eigenvalue weighted by Crippen LogP contribution is 2.23. The summed E-state index contributed by atoms with van der Waals surface area (Å²) in [5, 5.41) is 0. The van der Waals surface area contributed by atoms with E-state index in [4.69, 9.17) is 5.73 Å². The molecular formula is C8H10BrNO2S. The molecule has 0 aliphatic heterocycles. The van der Waals surface area contributed by atoms with E-state index in [1.54, 1.807) is 18.2 Å². The summed E-state index contributed by atoms with van der Waals surface area (Å²) in [6.07, 6.45) is 1.17. The Kier molecular flexibility index (Phi) is 3.10. The van der Waals surface area contributed by atoms with Gasteiger partial charge in [-0.15, -0.1) is 0 Å². The first kappa shape index (κ1) is 10.7. The van der Waals surface area contributed by atoms with Gasteiger partial charge in [-0.25, -0.2) is 8.42 Å². The van der Waals surface area contributed by atoms with Crippen molar-refractivity contribution in [1.82, 2.24) is 0 Å². The van der Waals surface area contributed by atoms with Crippen LogP contribution < -0.4 is 5.73 Å². The Morgan fingerprint density at radius 1 is 1.46 bits per heavy atom. The second-order valence-corrected chi connectivity index (χ2v) is 5.53. The molecule has 0 amide bonds. The summed E-state index contributed by atoms with van der Waals surface area (Å²) < 4.78 is 23.3. The van der Waals surface area contributed by atoms with Crippen LogP contribution in [0, 0.1) is 0 Å². The number of sulfone groups is 1. The zero-order valence-electron chi connectivity index (χ0n) is 7.12. The third-order valence-electron chi connectivity index (χ3n) is 1.68. The number of hydrogen-bond donors (Lipinski definition) is 1. The molecule has 1 aromatic rings. The normalized spacial score (nSPS) is 11.6. The molecule has 1 aromatic carbocycles. The van der Waals surface area contributed by atoms with Crippen molar-refractivity contribution in [3.05, 3.63) is 28.2 Å². The Labute approximate surface area is 86.0 Å². The molecule has 1 rings (SSSR count). The average molecular weight is 264 g/mol. The van der Waals surface area contributed by atoms with Gasteiger partial charge in [0.15, 0.2) is 9.84 Å². The first-order valence-corrected chi connectivity index (χ1v) is 6.32. The summed E-state index contributed by atoms with van der Waals surface area (Å²) in [5.41, 5.74) is 6.08. The minimum Gasteiger partial charge on any atom is -0.326 e. The van der Waals surface area contributed by atoms with Gasteiger partial charge in [-0.2, -0.15) is 0 Å². The highest BCUT2D eigenvalue weighted by molar-refractivity contribution is 9.10. The van der Waals surface area contributed by atoms with Gasteiger partial charge in [0.2, 0.25) is 0 Å². The van der Waals surface area contributed by atoms with E-state index < -0.39 is 9.84 Å². The summed E-state index contributed by atoms with van der Waals surface area (Å²) in [4.78, 5) is 0.296. The van der Waals surface area contributed by atoms with Crippen molar-refractivity contribution >= 4 is 25.8 Å². The smallest absolute Gasteiger partial charge is 0.175 e. The highest BCUT2D eigenvalue weighted by Gasteiger charge is 2.13. The molecule has 0 aliphatic carbocycles. The number of halogens is 1. The lowest BCUT2D eigenvalue weighted by atomic mass is 10.2. The fourth-order valence-corrected chi connectivity index (χ4v) is 2.71. The first-order valence-electron chi connectivity index (χ1n) is 3.64. The number of benzene rings is 1. The van der Waals surface area contributed by atoms with Crippen molar-refractivity contribution in [3.8, 4) is 0 Å². The highest BCUT2D eigenvalue weighted by atomic mass is 79.9. The molecule has 0 saturated heterocycles. The van der Waals surface area contributed by atoms with Crippen LogP contribution in [-0.4, -0.2) is 14.7 Å². The van der Waals surface area contributed by atoms with Gasteiger partial charge < -0.3 is 5.73 Å². The lowest BCUT2D eigenvalue weighted by Crippen LogP contribution is -2.07. The SMILES string of the molecule is CS(=O)(=O)c1cccc(Br)c1CN. The topological polar surface area (TPSA) is 60.2 Å². The molecule has 72 valence electrons. The van der Waals surface area contributed by atoms with Gasteiger partial charge in [0, 0.05) is 17.3 Å². The van der Waals surface area contributed by atoms with Crippen LogP contribution in [0.1, 0.15) is 5.56 Å². The van der Waals surface area contributed by atoms with Crippen LogP contribution in [0.15, 0.2) is 27.6 Å². The zero-order valence-corrected chi connectivity index (χ0v) is 9.52. The molecule has 3 nitrogen and oxygen atoms in total. The molecule has 0 atom stereocenters. The predicted molar refractivity (Wildman–Crippen MR) is 55.1 cm³/mol. The van der Waals surface area contributed by atoms with Crippen molar-refractivity contribution in [2.24, 2.45) is 5.73 Å². The maximum atomic E-state index is 11.3. The summed E-state index contributed by atoms with van der Waals surface area (Å²) in [5.74, 6) is 0. The minimum atomic E-state index is -3.18. The molecule has 0 aromatic heterocycles. The molecule has 0 fully saturated rings. The van der Waals surface area contributed by atoms with Crippen molar-refractivity contribution in [1.29, 1.82) is 0 Å². The van der Waals surface area contributed by atoms with Crippen molar-refractivity contribution in [3.63, 3.8) is 0 Å². The summed E-state index contributed by atoms with van der Waals surface area (Å²) in [6, 6.07) is 5.01. The van der Waals surface area contributed by atoms with Crippen molar-refractivity contribution < 1.29 is 8.42 Å². The van der Waals surface area contributed by atoms with Gasteiger partial charge in [0.05, 0.1) is 4.90 Å². The Morgan fingerprint density at radius 3 is 2.46 bits per heavy atom. The molecule has 0 aliphatic rings. The van der Waals surface area contributed by atoms with Crippen molar-refractivity contribution in [2.75, 3.05) is 6.26 Å². The molecule has 13 heavy (non-hydrogen) atoms. The second kappa shape index (κ2) is 3.77. The maximum absolute atomic E-state index is 11.3.